The van der Waals surface area contributed by atoms with Crippen molar-refractivity contribution in [1.82, 2.24) is 25.2 Å². The number of nitrogens with one attached hydrogen (secondary N) is 2. The number of amides is 2. The Morgan fingerprint density at radius 3 is 2.97 bits per heavy atom. The number of carbonyl (C=O) groups excluding carboxylic acids is 2. The van der Waals surface area contributed by atoms with Crippen molar-refractivity contribution in [2.75, 3.05) is 18.0 Å². The molecule has 2 fully saturated rings. The first-order valence-corrected chi connectivity index (χ1v) is 10.5. The number of carbonyl (C=O) groups is 2. The summed E-state index contributed by atoms with van der Waals surface area (Å²) >= 11 is 0. The highest BCUT2D eigenvalue weighted by Gasteiger charge is 2.43. The number of hydrogen-bond acceptors (Lipinski definition) is 5. The van der Waals surface area contributed by atoms with Gasteiger partial charge in [0.25, 0.3) is 11.8 Å². The molecule has 0 spiro atoms. The Hall–Kier alpha value is -3.42. The predicted molar refractivity (Wildman–Crippen MR) is 111 cm³/mol. The third kappa shape index (κ3) is 2.52. The number of H-pyrrole nitrogens is 1. The maximum absolute atomic E-state index is 13.4. The van der Waals surface area contributed by atoms with Gasteiger partial charge >= 0.3 is 0 Å². The number of hydrogen-bond donors (Lipinski definition) is 2. The molecule has 5 heterocycles. The van der Waals surface area contributed by atoms with Crippen molar-refractivity contribution >= 4 is 28.7 Å². The largest absolute Gasteiger partial charge is 0.351 e. The molecule has 0 bridgehead atoms. The van der Waals surface area contributed by atoms with Gasteiger partial charge in [-0.2, -0.15) is 0 Å². The van der Waals surface area contributed by atoms with Gasteiger partial charge in [0.05, 0.1) is 17.5 Å². The summed E-state index contributed by atoms with van der Waals surface area (Å²) in [4.78, 5) is 41.8. The van der Waals surface area contributed by atoms with Crippen LogP contribution >= 0.6 is 0 Å². The zero-order valence-corrected chi connectivity index (χ0v) is 16.5. The number of nitrogens with zero attached hydrogens (tertiary/aromatic N) is 4. The maximum Gasteiger partial charge on any atom is 0.254 e. The van der Waals surface area contributed by atoms with Crippen LogP contribution in [0.15, 0.2) is 36.8 Å². The molecule has 6 rings (SSSR count). The predicted octanol–water partition coefficient (Wildman–Crippen LogP) is 2.08. The Kier molecular flexibility index (Phi) is 3.81. The fourth-order valence-corrected chi connectivity index (χ4v) is 5.30. The van der Waals surface area contributed by atoms with E-state index in [1.54, 1.807) is 12.4 Å². The maximum atomic E-state index is 13.4. The fraction of sp³-hybridized carbons (Fsp3) is 0.364. The molecule has 3 aromatic rings. The van der Waals surface area contributed by atoms with E-state index in [0.717, 1.165) is 54.8 Å². The topological polar surface area (TPSA) is 94.2 Å². The van der Waals surface area contributed by atoms with Gasteiger partial charge in [-0.1, -0.05) is 6.07 Å². The van der Waals surface area contributed by atoms with Gasteiger partial charge in [-0.25, -0.2) is 9.97 Å². The van der Waals surface area contributed by atoms with E-state index in [4.69, 9.17) is 0 Å². The molecule has 2 amide bonds. The third-order valence-electron chi connectivity index (χ3n) is 6.72. The molecule has 0 aliphatic carbocycles. The molecule has 0 radical (unpaired) electrons. The summed E-state index contributed by atoms with van der Waals surface area (Å²) in [6.07, 6.45) is 6.39. The van der Waals surface area contributed by atoms with Crippen LogP contribution in [0.1, 0.15) is 45.5 Å². The lowest BCUT2D eigenvalue weighted by Crippen LogP contribution is -2.52. The number of likely N-dealkylation sites (tertiary alicyclic amines) is 1. The van der Waals surface area contributed by atoms with Gasteiger partial charge in [-0.15, -0.1) is 0 Å². The summed E-state index contributed by atoms with van der Waals surface area (Å²) in [6.45, 7) is 2.15. The van der Waals surface area contributed by atoms with Crippen LogP contribution in [0.2, 0.25) is 0 Å². The van der Waals surface area contributed by atoms with Crippen LogP contribution in [-0.4, -0.2) is 56.8 Å². The number of anilines is 1. The molecule has 152 valence electrons. The summed E-state index contributed by atoms with van der Waals surface area (Å²) in [5.74, 6) is 0.864. The van der Waals surface area contributed by atoms with E-state index >= 15 is 0 Å². The summed E-state index contributed by atoms with van der Waals surface area (Å²) in [5, 5.41) is 3.84. The minimum Gasteiger partial charge on any atom is -0.351 e. The number of aromatic nitrogens is 3. The molecule has 2 aromatic heterocycles. The van der Waals surface area contributed by atoms with Crippen molar-refractivity contribution in [3.63, 3.8) is 0 Å². The molecular weight excluding hydrogens is 380 g/mol. The van der Waals surface area contributed by atoms with Gasteiger partial charge in [0, 0.05) is 37.0 Å². The van der Waals surface area contributed by atoms with Crippen LogP contribution in [0.25, 0.3) is 11.0 Å². The zero-order valence-electron chi connectivity index (χ0n) is 16.5. The summed E-state index contributed by atoms with van der Waals surface area (Å²) in [7, 11) is 0. The first-order chi connectivity index (χ1) is 14.7. The van der Waals surface area contributed by atoms with Gasteiger partial charge < -0.3 is 20.1 Å². The Bertz CT molecular complexity index is 1170. The number of fused-ring (bicyclic) bond motifs is 3. The average Bonchev–Trinajstić information content (AvgIpc) is 3.51. The lowest BCUT2D eigenvalue weighted by molar-refractivity contribution is 0.0608. The Morgan fingerprint density at radius 2 is 2.03 bits per heavy atom. The number of aromatic amines is 1. The van der Waals surface area contributed by atoms with Crippen molar-refractivity contribution in [3.8, 4) is 0 Å². The van der Waals surface area contributed by atoms with Crippen molar-refractivity contribution in [2.45, 2.75) is 37.9 Å². The Balaban J connectivity index is 1.30. The lowest BCUT2D eigenvalue weighted by atomic mass is 9.95. The van der Waals surface area contributed by atoms with Crippen molar-refractivity contribution in [3.05, 3.63) is 53.5 Å². The van der Waals surface area contributed by atoms with E-state index in [1.165, 1.54) is 0 Å². The highest BCUT2D eigenvalue weighted by atomic mass is 16.2. The monoisotopic (exact) mass is 402 g/mol. The molecule has 8 heteroatoms. The standard InChI is InChI=1S/C22H22N6O2/c29-21-16-10-13(3-4-14(16)11-24-21)22(30)28-8-1-2-17-18(28)6-9-27(17)20-15-5-7-23-19(15)25-12-26-20/h3-5,7,10,12,17-18H,1-2,6,8-9,11H2,(H,24,29)(H,23,25,26)/t17-,18-/m1/s1. The van der Waals surface area contributed by atoms with Crippen LogP contribution < -0.4 is 10.2 Å². The second-order valence-electron chi connectivity index (χ2n) is 8.25. The van der Waals surface area contributed by atoms with E-state index in [1.807, 2.05) is 29.3 Å². The van der Waals surface area contributed by atoms with E-state index in [9.17, 15) is 9.59 Å². The zero-order chi connectivity index (χ0) is 20.2. The highest BCUT2D eigenvalue weighted by molar-refractivity contribution is 6.02. The number of piperidine rings is 1. The van der Waals surface area contributed by atoms with E-state index in [-0.39, 0.29) is 23.9 Å². The van der Waals surface area contributed by atoms with Crippen molar-refractivity contribution < 1.29 is 9.59 Å². The Labute approximate surface area is 173 Å². The molecule has 1 aromatic carbocycles. The van der Waals surface area contributed by atoms with Gasteiger partial charge in [-0.3, -0.25) is 9.59 Å². The van der Waals surface area contributed by atoms with Crippen molar-refractivity contribution in [2.24, 2.45) is 0 Å². The molecule has 30 heavy (non-hydrogen) atoms. The van der Waals surface area contributed by atoms with E-state index < -0.39 is 0 Å². The molecule has 8 nitrogen and oxygen atoms in total. The van der Waals surface area contributed by atoms with Crippen LogP contribution in [0.3, 0.4) is 0 Å². The molecule has 3 aliphatic heterocycles. The van der Waals surface area contributed by atoms with Gasteiger partial charge in [0.2, 0.25) is 0 Å². The quantitative estimate of drug-likeness (QED) is 0.685. The van der Waals surface area contributed by atoms with E-state index in [0.29, 0.717) is 17.7 Å². The SMILES string of the molecule is O=C1NCc2ccc(C(=O)N3CCC[C@@H]4[C@H]3CCN4c3ncnc4[nH]ccc34)cc21. The van der Waals surface area contributed by atoms with Crippen LogP contribution in [-0.2, 0) is 6.54 Å². The minimum absolute atomic E-state index is 0.0172. The molecule has 2 N–H and O–H groups in total. The molecule has 0 saturated carbocycles. The van der Waals surface area contributed by atoms with Crippen LogP contribution in [0, 0.1) is 0 Å². The average molecular weight is 402 g/mol. The number of benzene rings is 1. The van der Waals surface area contributed by atoms with Crippen molar-refractivity contribution in [1.29, 1.82) is 0 Å². The Morgan fingerprint density at radius 1 is 1.10 bits per heavy atom. The minimum atomic E-state index is -0.0949. The second kappa shape index (κ2) is 6.55. The summed E-state index contributed by atoms with van der Waals surface area (Å²) < 4.78 is 0. The number of rotatable bonds is 2. The highest BCUT2D eigenvalue weighted by Crippen LogP contribution is 2.36. The summed E-state index contributed by atoms with van der Waals surface area (Å²) in [6, 6.07) is 7.91. The smallest absolute Gasteiger partial charge is 0.254 e. The van der Waals surface area contributed by atoms with Gasteiger partial charge in [-0.05, 0) is 43.0 Å². The normalized spacial score (nSPS) is 22.9. The molecular formula is C22H22N6O2. The fourth-order valence-electron chi connectivity index (χ4n) is 5.30. The second-order valence-corrected chi connectivity index (χ2v) is 8.25. The van der Waals surface area contributed by atoms with Gasteiger partial charge in [0.15, 0.2) is 0 Å². The van der Waals surface area contributed by atoms with Crippen LogP contribution in [0.4, 0.5) is 5.82 Å². The van der Waals surface area contributed by atoms with Gasteiger partial charge in [0.1, 0.15) is 17.8 Å². The van der Waals surface area contributed by atoms with E-state index in [2.05, 4.69) is 25.2 Å². The molecule has 0 unspecified atom stereocenters. The molecule has 2 atom stereocenters. The third-order valence-corrected chi connectivity index (χ3v) is 6.72. The summed E-state index contributed by atoms with van der Waals surface area (Å²) in [5.41, 5.74) is 3.02. The van der Waals surface area contributed by atoms with Crippen LogP contribution in [0.5, 0.6) is 0 Å². The first kappa shape index (κ1) is 17.4. The molecule has 2 saturated heterocycles. The lowest BCUT2D eigenvalue weighted by Gasteiger charge is -2.40. The molecule has 3 aliphatic rings. The first-order valence-electron chi connectivity index (χ1n) is 10.5.